The Bertz CT molecular complexity index is 696. The average molecular weight is 277 g/mol. The molecule has 0 radical (unpaired) electrons. The number of hydrogen-bond acceptors (Lipinski definition) is 4. The van der Waals surface area contributed by atoms with Gasteiger partial charge in [0.2, 0.25) is 0 Å². The van der Waals surface area contributed by atoms with Crippen LogP contribution in [0.2, 0.25) is 0 Å². The number of nitrogens with one attached hydrogen (secondary N) is 1. The SMILES string of the molecule is O=C(NS(=O)(=O)c1ccccc1O)c1ccccc1. The first-order chi connectivity index (χ1) is 9.00. The predicted molar refractivity (Wildman–Crippen MR) is 69.2 cm³/mol. The topological polar surface area (TPSA) is 83.5 Å². The van der Waals surface area contributed by atoms with Gasteiger partial charge < -0.3 is 5.11 Å². The summed E-state index contributed by atoms with van der Waals surface area (Å²) in [6.45, 7) is 0. The lowest BCUT2D eigenvalue weighted by Gasteiger charge is -2.08. The van der Waals surface area contributed by atoms with E-state index in [4.69, 9.17) is 0 Å². The molecule has 0 saturated heterocycles. The quantitative estimate of drug-likeness (QED) is 0.890. The Morgan fingerprint density at radius 3 is 2.16 bits per heavy atom. The van der Waals surface area contributed by atoms with E-state index < -0.39 is 21.7 Å². The van der Waals surface area contributed by atoms with Crippen molar-refractivity contribution < 1.29 is 18.3 Å². The van der Waals surface area contributed by atoms with Crippen molar-refractivity contribution in [3.8, 4) is 5.75 Å². The number of carbonyl (C=O) groups is 1. The van der Waals surface area contributed by atoms with E-state index in [1.54, 1.807) is 18.2 Å². The number of rotatable bonds is 3. The lowest BCUT2D eigenvalue weighted by Crippen LogP contribution is -2.30. The number of carbonyl (C=O) groups excluding carboxylic acids is 1. The van der Waals surface area contributed by atoms with Crippen LogP contribution in [-0.2, 0) is 10.0 Å². The summed E-state index contributed by atoms with van der Waals surface area (Å²) in [5.74, 6) is -1.15. The summed E-state index contributed by atoms with van der Waals surface area (Å²) in [5, 5.41) is 9.50. The van der Waals surface area contributed by atoms with E-state index in [0.29, 0.717) is 0 Å². The monoisotopic (exact) mass is 277 g/mol. The van der Waals surface area contributed by atoms with E-state index >= 15 is 0 Å². The second-order valence-corrected chi connectivity index (χ2v) is 5.42. The van der Waals surface area contributed by atoms with Crippen LogP contribution >= 0.6 is 0 Å². The van der Waals surface area contributed by atoms with E-state index in [-0.39, 0.29) is 10.5 Å². The molecule has 0 fully saturated rings. The first-order valence-corrected chi connectivity index (χ1v) is 6.89. The smallest absolute Gasteiger partial charge is 0.267 e. The highest BCUT2D eigenvalue weighted by atomic mass is 32.2. The molecule has 0 unspecified atom stereocenters. The fraction of sp³-hybridized carbons (Fsp3) is 0. The number of sulfonamides is 1. The van der Waals surface area contributed by atoms with Crippen LogP contribution in [0.4, 0.5) is 0 Å². The van der Waals surface area contributed by atoms with Gasteiger partial charge in [-0.15, -0.1) is 0 Å². The van der Waals surface area contributed by atoms with Crippen LogP contribution in [0.25, 0.3) is 0 Å². The normalized spacial score (nSPS) is 10.9. The van der Waals surface area contributed by atoms with E-state index in [9.17, 15) is 18.3 Å². The second kappa shape index (κ2) is 5.11. The molecule has 6 heteroatoms. The molecule has 0 aliphatic carbocycles. The summed E-state index contributed by atoms with van der Waals surface area (Å²) in [6.07, 6.45) is 0. The number of amides is 1. The Kier molecular flexibility index (Phi) is 3.52. The lowest BCUT2D eigenvalue weighted by atomic mass is 10.2. The van der Waals surface area contributed by atoms with Crippen molar-refractivity contribution in [2.45, 2.75) is 4.90 Å². The first-order valence-electron chi connectivity index (χ1n) is 5.41. The molecule has 1 amide bonds. The van der Waals surface area contributed by atoms with Gasteiger partial charge in [0.05, 0.1) is 0 Å². The summed E-state index contributed by atoms with van der Waals surface area (Å²) in [7, 11) is -4.09. The van der Waals surface area contributed by atoms with E-state index in [2.05, 4.69) is 0 Å². The Hall–Kier alpha value is -2.34. The Morgan fingerprint density at radius 1 is 0.947 bits per heavy atom. The minimum absolute atomic E-state index is 0.224. The van der Waals surface area contributed by atoms with Gasteiger partial charge in [-0.1, -0.05) is 30.3 Å². The molecule has 0 atom stereocenters. The predicted octanol–water partition coefficient (Wildman–Crippen LogP) is 1.51. The molecule has 0 spiro atoms. The van der Waals surface area contributed by atoms with Crippen molar-refractivity contribution in [3.63, 3.8) is 0 Å². The minimum atomic E-state index is -4.09. The fourth-order valence-corrected chi connectivity index (χ4v) is 2.58. The molecule has 0 aromatic heterocycles. The number of phenolic OH excluding ortho intramolecular Hbond substituents is 1. The van der Waals surface area contributed by atoms with Crippen LogP contribution in [-0.4, -0.2) is 19.4 Å². The van der Waals surface area contributed by atoms with Gasteiger partial charge in [-0.05, 0) is 24.3 Å². The number of benzene rings is 2. The number of phenols is 1. The van der Waals surface area contributed by atoms with Gasteiger partial charge in [0.15, 0.2) is 0 Å². The van der Waals surface area contributed by atoms with Crippen molar-refractivity contribution in [3.05, 3.63) is 60.2 Å². The molecule has 0 aliphatic heterocycles. The van der Waals surface area contributed by atoms with E-state index in [0.717, 1.165) is 0 Å². The maximum atomic E-state index is 11.9. The van der Waals surface area contributed by atoms with Gasteiger partial charge in [-0.3, -0.25) is 4.79 Å². The molecule has 0 heterocycles. The Labute approximate surface area is 110 Å². The molecule has 2 N–H and O–H groups in total. The number of hydrogen-bond donors (Lipinski definition) is 2. The zero-order chi connectivity index (χ0) is 13.9. The third-order valence-corrected chi connectivity index (χ3v) is 3.80. The highest BCUT2D eigenvalue weighted by Gasteiger charge is 2.21. The molecule has 19 heavy (non-hydrogen) atoms. The molecule has 2 aromatic carbocycles. The van der Waals surface area contributed by atoms with E-state index in [1.165, 1.54) is 36.4 Å². The second-order valence-electron chi connectivity index (χ2n) is 3.77. The first kappa shape index (κ1) is 13.1. The van der Waals surface area contributed by atoms with Gasteiger partial charge in [0.1, 0.15) is 10.6 Å². The van der Waals surface area contributed by atoms with Gasteiger partial charge in [-0.2, -0.15) is 0 Å². The van der Waals surface area contributed by atoms with Crippen LogP contribution in [0.3, 0.4) is 0 Å². The largest absolute Gasteiger partial charge is 0.507 e. The molecule has 5 nitrogen and oxygen atoms in total. The van der Waals surface area contributed by atoms with Crippen molar-refractivity contribution in [2.75, 3.05) is 0 Å². The van der Waals surface area contributed by atoms with Crippen molar-refractivity contribution >= 4 is 15.9 Å². The van der Waals surface area contributed by atoms with Crippen molar-refractivity contribution in [1.29, 1.82) is 0 Å². The molecule has 0 bridgehead atoms. The van der Waals surface area contributed by atoms with Crippen LogP contribution in [0.1, 0.15) is 10.4 Å². The minimum Gasteiger partial charge on any atom is -0.507 e. The Morgan fingerprint density at radius 2 is 1.53 bits per heavy atom. The van der Waals surface area contributed by atoms with Crippen LogP contribution in [0.5, 0.6) is 5.75 Å². The molecular weight excluding hydrogens is 266 g/mol. The maximum absolute atomic E-state index is 11.9. The van der Waals surface area contributed by atoms with Crippen molar-refractivity contribution in [2.24, 2.45) is 0 Å². The zero-order valence-electron chi connectivity index (χ0n) is 9.78. The Balaban J connectivity index is 2.29. The summed E-state index contributed by atoms with van der Waals surface area (Å²) in [6, 6.07) is 13.4. The molecular formula is C13H11NO4S. The summed E-state index contributed by atoms with van der Waals surface area (Å²) >= 11 is 0. The summed E-state index contributed by atoms with van der Waals surface area (Å²) < 4.78 is 25.8. The molecule has 2 aromatic rings. The molecule has 98 valence electrons. The number of aromatic hydroxyl groups is 1. The third-order valence-electron chi connectivity index (χ3n) is 2.42. The van der Waals surface area contributed by atoms with Crippen molar-refractivity contribution in [1.82, 2.24) is 4.72 Å². The van der Waals surface area contributed by atoms with Crippen LogP contribution in [0.15, 0.2) is 59.5 Å². The summed E-state index contributed by atoms with van der Waals surface area (Å²) in [4.78, 5) is 11.4. The average Bonchev–Trinajstić information content (AvgIpc) is 2.39. The number of para-hydroxylation sites is 1. The highest BCUT2D eigenvalue weighted by Crippen LogP contribution is 2.21. The standard InChI is InChI=1S/C13H11NO4S/c15-11-8-4-5-9-12(11)19(17,18)14-13(16)10-6-2-1-3-7-10/h1-9,15H,(H,14,16). The van der Waals surface area contributed by atoms with Gasteiger partial charge >= 0.3 is 0 Å². The van der Waals surface area contributed by atoms with Crippen LogP contribution < -0.4 is 4.72 Å². The lowest BCUT2D eigenvalue weighted by molar-refractivity contribution is 0.0981. The summed E-state index contributed by atoms with van der Waals surface area (Å²) in [5.41, 5.74) is 0.224. The molecule has 0 saturated carbocycles. The van der Waals surface area contributed by atoms with E-state index in [1.807, 2.05) is 4.72 Å². The van der Waals surface area contributed by atoms with Gasteiger partial charge in [-0.25, -0.2) is 13.1 Å². The zero-order valence-corrected chi connectivity index (χ0v) is 10.6. The maximum Gasteiger partial charge on any atom is 0.267 e. The third kappa shape index (κ3) is 2.92. The fourth-order valence-electron chi connectivity index (χ4n) is 1.51. The molecule has 2 rings (SSSR count). The highest BCUT2D eigenvalue weighted by molar-refractivity contribution is 7.90. The van der Waals surface area contributed by atoms with Gasteiger partial charge in [0.25, 0.3) is 15.9 Å². The molecule has 0 aliphatic rings. The van der Waals surface area contributed by atoms with Crippen LogP contribution in [0, 0.1) is 0 Å². The van der Waals surface area contributed by atoms with Gasteiger partial charge in [0, 0.05) is 5.56 Å².